The maximum absolute atomic E-state index is 13.3. The van der Waals surface area contributed by atoms with Crippen LogP contribution in [0.1, 0.15) is 13.8 Å². The van der Waals surface area contributed by atoms with E-state index in [0.717, 1.165) is 38.7 Å². The number of methoxy groups -OCH3 is 1. The summed E-state index contributed by atoms with van der Waals surface area (Å²) in [4.78, 5) is 21.0. The van der Waals surface area contributed by atoms with E-state index in [-0.39, 0.29) is 17.8 Å². The van der Waals surface area contributed by atoms with Crippen LogP contribution in [-0.2, 0) is 9.53 Å². The van der Waals surface area contributed by atoms with Gasteiger partial charge in [0, 0.05) is 52.4 Å². The van der Waals surface area contributed by atoms with Gasteiger partial charge in [-0.15, -0.1) is 0 Å². The fourth-order valence-corrected chi connectivity index (χ4v) is 3.12. The van der Waals surface area contributed by atoms with E-state index in [2.05, 4.69) is 20.4 Å². The van der Waals surface area contributed by atoms with Crippen molar-refractivity contribution in [3.63, 3.8) is 0 Å². The van der Waals surface area contributed by atoms with Crippen molar-refractivity contribution in [2.24, 2.45) is 4.99 Å². The molecule has 2 N–H and O–H groups in total. The second kappa shape index (κ2) is 13.0. The van der Waals surface area contributed by atoms with Gasteiger partial charge in [-0.25, -0.2) is 9.38 Å². The molecule has 9 heteroatoms. The number of hydrogen-bond acceptors (Lipinski definition) is 5. The topological polar surface area (TPSA) is 78.4 Å². The van der Waals surface area contributed by atoms with E-state index in [1.807, 2.05) is 13.8 Å². The van der Waals surface area contributed by atoms with Gasteiger partial charge in [0.25, 0.3) is 0 Å². The zero-order valence-corrected chi connectivity index (χ0v) is 18.2. The Morgan fingerprint density at radius 1 is 1.27 bits per heavy atom. The van der Waals surface area contributed by atoms with Gasteiger partial charge < -0.3 is 25.0 Å². The summed E-state index contributed by atoms with van der Waals surface area (Å²) < 4.78 is 24.0. The van der Waals surface area contributed by atoms with Gasteiger partial charge >= 0.3 is 0 Å². The molecule has 0 aromatic heterocycles. The molecule has 168 valence electrons. The van der Waals surface area contributed by atoms with E-state index >= 15 is 0 Å². The van der Waals surface area contributed by atoms with Gasteiger partial charge in [0.2, 0.25) is 5.91 Å². The van der Waals surface area contributed by atoms with E-state index in [0.29, 0.717) is 32.0 Å². The first-order valence-electron chi connectivity index (χ1n) is 10.4. The molecule has 30 heavy (non-hydrogen) atoms. The molecule has 1 fully saturated rings. The first-order valence-corrected chi connectivity index (χ1v) is 10.4. The third-order valence-electron chi connectivity index (χ3n) is 4.63. The predicted molar refractivity (Wildman–Crippen MR) is 115 cm³/mol. The number of guanidine groups is 1. The minimum absolute atomic E-state index is 0.0180. The Labute approximate surface area is 178 Å². The predicted octanol–water partition coefficient (Wildman–Crippen LogP) is 0.939. The summed E-state index contributed by atoms with van der Waals surface area (Å²) in [5.41, 5.74) is 0. The average Bonchev–Trinajstić information content (AvgIpc) is 2.72. The van der Waals surface area contributed by atoms with Crippen LogP contribution in [-0.4, -0.2) is 93.8 Å². The Balaban J connectivity index is 1.80. The molecule has 1 saturated heterocycles. The van der Waals surface area contributed by atoms with Crippen LogP contribution in [0.15, 0.2) is 29.3 Å². The number of nitrogens with zero attached hydrogens (tertiary/aromatic N) is 3. The van der Waals surface area contributed by atoms with Crippen molar-refractivity contribution in [1.29, 1.82) is 0 Å². The van der Waals surface area contributed by atoms with Crippen molar-refractivity contribution >= 4 is 11.9 Å². The van der Waals surface area contributed by atoms with Crippen LogP contribution >= 0.6 is 0 Å². The van der Waals surface area contributed by atoms with Crippen molar-refractivity contribution in [2.75, 3.05) is 66.1 Å². The quantitative estimate of drug-likeness (QED) is 0.331. The van der Waals surface area contributed by atoms with Gasteiger partial charge in [-0.05, 0) is 26.0 Å². The Morgan fingerprint density at radius 2 is 2.03 bits per heavy atom. The van der Waals surface area contributed by atoms with Crippen LogP contribution in [0.25, 0.3) is 0 Å². The van der Waals surface area contributed by atoms with Crippen LogP contribution in [0.4, 0.5) is 4.39 Å². The molecular weight excluding hydrogens is 389 g/mol. The van der Waals surface area contributed by atoms with Crippen LogP contribution < -0.4 is 15.4 Å². The second-order valence-electron chi connectivity index (χ2n) is 7.19. The van der Waals surface area contributed by atoms with Crippen molar-refractivity contribution in [3.05, 3.63) is 30.1 Å². The third-order valence-corrected chi connectivity index (χ3v) is 4.63. The molecule has 0 bridgehead atoms. The third kappa shape index (κ3) is 8.54. The summed E-state index contributed by atoms with van der Waals surface area (Å²) in [7, 11) is 1.61. The molecule has 1 atom stereocenters. The summed E-state index contributed by atoms with van der Waals surface area (Å²) in [6, 6.07) is 6.12. The molecule has 1 aromatic carbocycles. The Morgan fingerprint density at radius 3 is 2.70 bits per heavy atom. The molecule has 0 saturated carbocycles. The van der Waals surface area contributed by atoms with Gasteiger partial charge in [-0.2, -0.15) is 0 Å². The number of amides is 1. The van der Waals surface area contributed by atoms with E-state index in [1.54, 1.807) is 19.2 Å². The lowest BCUT2D eigenvalue weighted by Gasteiger charge is -2.36. The SMILES string of the molecule is CCNC(=NCC(C)Oc1cccc(F)c1)N1CCN(CC(=O)NCCOC)CC1. The minimum atomic E-state index is -0.318. The molecule has 1 aliphatic rings. The lowest BCUT2D eigenvalue weighted by molar-refractivity contribution is -0.122. The lowest BCUT2D eigenvalue weighted by Crippen LogP contribution is -2.54. The highest BCUT2D eigenvalue weighted by molar-refractivity contribution is 5.80. The van der Waals surface area contributed by atoms with Crippen LogP contribution in [0, 0.1) is 5.82 Å². The van der Waals surface area contributed by atoms with E-state index in [4.69, 9.17) is 14.5 Å². The number of ether oxygens (including phenoxy) is 2. The van der Waals surface area contributed by atoms with Gasteiger partial charge in [0.15, 0.2) is 5.96 Å². The highest BCUT2D eigenvalue weighted by Crippen LogP contribution is 2.14. The van der Waals surface area contributed by atoms with Crippen molar-refractivity contribution in [1.82, 2.24) is 20.4 Å². The number of aliphatic imine (C=N–C) groups is 1. The zero-order chi connectivity index (χ0) is 21.8. The zero-order valence-electron chi connectivity index (χ0n) is 18.2. The van der Waals surface area contributed by atoms with Gasteiger partial charge in [-0.3, -0.25) is 9.69 Å². The standard InChI is InChI=1S/C21H34FN5O3/c1-4-23-21(25-15-17(2)30-19-7-5-6-18(22)14-19)27-11-9-26(10-12-27)16-20(28)24-8-13-29-3/h5-7,14,17H,4,8-13,15-16H2,1-3H3,(H,23,25)(H,24,28). The summed E-state index contributed by atoms with van der Waals surface area (Å²) >= 11 is 0. The number of carbonyl (C=O) groups excluding carboxylic acids is 1. The Hall–Kier alpha value is -2.39. The van der Waals surface area contributed by atoms with Crippen molar-refractivity contribution < 1.29 is 18.7 Å². The highest BCUT2D eigenvalue weighted by Gasteiger charge is 2.21. The molecule has 0 aliphatic carbocycles. The number of halogens is 1. The van der Waals surface area contributed by atoms with Gasteiger partial charge in [0.05, 0.1) is 19.7 Å². The van der Waals surface area contributed by atoms with Crippen molar-refractivity contribution in [3.8, 4) is 5.75 Å². The molecule has 0 spiro atoms. The summed E-state index contributed by atoms with van der Waals surface area (Å²) in [6.07, 6.45) is -0.183. The fraction of sp³-hybridized carbons (Fsp3) is 0.619. The number of hydrogen-bond donors (Lipinski definition) is 2. The van der Waals surface area contributed by atoms with Crippen LogP contribution in [0.3, 0.4) is 0 Å². The van der Waals surface area contributed by atoms with Crippen LogP contribution in [0.2, 0.25) is 0 Å². The van der Waals surface area contributed by atoms with Crippen molar-refractivity contribution in [2.45, 2.75) is 20.0 Å². The number of nitrogens with one attached hydrogen (secondary N) is 2. The van der Waals surface area contributed by atoms with E-state index in [9.17, 15) is 9.18 Å². The number of piperazine rings is 1. The molecule has 1 aromatic rings. The monoisotopic (exact) mass is 423 g/mol. The molecule has 1 heterocycles. The average molecular weight is 424 g/mol. The normalized spacial score (nSPS) is 16.3. The summed E-state index contributed by atoms with van der Waals surface area (Å²) in [5.74, 6) is 1.03. The minimum Gasteiger partial charge on any atom is -0.489 e. The summed E-state index contributed by atoms with van der Waals surface area (Å²) in [5, 5.41) is 6.17. The smallest absolute Gasteiger partial charge is 0.234 e. The van der Waals surface area contributed by atoms with Crippen LogP contribution in [0.5, 0.6) is 5.75 Å². The highest BCUT2D eigenvalue weighted by atomic mass is 19.1. The molecule has 2 rings (SSSR count). The molecule has 0 radical (unpaired) electrons. The maximum atomic E-state index is 13.3. The van der Waals surface area contributed by atoms with E-state index in [1.165, 1.54) is 12.1 Å². The van der Waals surface area contributed by atoms with Gasteiger partial charge in [0.1, 0.15) is 17.7 Å². The molecular formula is C21H34FN5O3. The second-order valence-corrected chi connectivity index (χ2v) is 7.19. The maximum Gasteiger partial charge on any atom is 0.234 e. The first kappa shape index (κ1) is 23.9. The lowest BCUT2D eigenvalue weighted by atomic mass is 10.3. The molecule has 8 nitrogen and oxygen atoms in total. The number of rotatable bonds is 10. The largest absolute Gasteiger partial charge is 0.489 e. The summed E-state index contributed by atoms with van der Waals surface area (Å²) in [6.45, 7) is 9.76. The molecule has 1 aliphatic heterocycles. The fourth-order valence-electron chi connectivity index (χ4n) is 3.12. The number of carbonyl (C=O) groups is 1. The first-order chi connectivity index (χ1) is 14.5. The Kier molecular flexibility index (Phi) is 10.4. The number of benzene rings is 1. The Bertz CT molecular complexity index is 680. The molecule has 1 amide bonds. The van der Waals surface area contributed by atoms with Gasteiger partial charge in [-0.1, -0.05) is 6.07 Å². The molecule has 1 unspecified atom stereocenters. The van der Waals surface area contributed by atoms with E-state index < -0.39 is 0 Å².